The van der Waals surface area contributed by atoms with Gasteiger partial charge in [0.05, 0.1) is 0 Å². The molecule has 0 spiro atoms. The summed E-state index contributed by atoms with van der Waals surface area (Å²) in [6.45, 7) is 0. The molecule has 0 saturated heterocycles. The van der Waals surface area contributed by atoms with Gasteiger partial charge in [-0.3, -0.25) is 0 Å². The predicted octanol–water partition coefficient (Wildman–Crippen LogP) is -0.364. The van der Waals surface area contributed by atoms with Gasteiger partial charge in [0, 0.05) is 0 Å². The van der Waals surface area contributed by atoms with E-state index in [4.69, 9.17) is 7.08 Å². The minimum absolute atomic E-state index is 0.750. The molecule has 0 rings (SSSR count). The Hall–Kier alpha value is 1.41. The van der Waals surface area contributed by atoms with Gasteiger partial charge in [0.2, 0.25) is 0 Å². The van der Waals surface area contributed by atoms with Crippen LogP contribution in [0.25, 0.3) is 0 Å². The van der Waals surface area contributed by atoms with Gasteiger partial charge in [-0.2, -0.15) is 0 Å². The summed E-state index contributed by atoms with van der Waals surface area (Å²) in [7, 11) is 0. The third kappa shape index (κ3) is 18.1. The molecule has 0 N–H and O–H groups in total. The molecule has 6 heavy (non-hydrogen) atoms. The summed E-state index contributed by atoms with van der Waals surface area (Å²) in [4.78, 5) is 0. The van der Waals surface area contributed by atoms with E-state index in [1.807, 2.05) is 0 Å². The zero-order valence-corrected chi connectivity index (χ0v) is 9.71. The van der Waals surface area contributed by atoms with Crippen molar-refractivity contribution in [3.8, 4) is 0 Å². The van der Waals surface area contributed by atoms with Gasteiger partial charge in [-0.05, 0) is 0 Å². The van der Waals surface area contributed by atoms with Gasteiger partial charge in [-0.25, -0.2) is 0 Å². The van der Waals surface area contributed by atoms with E-state index in [2.05, 4.69) is 0 Å². The molecule has 0 heterocycles. The molecular weight excluding hydrogens is 522 g/mol. The van der Waals surface area contributed by atoms with E-state index in [1.165, 1.54) is 0 Å². The van der Waals surface area contributed by atoms with E-state index in [0.29, 0.717) is 0 Å². The van der Waals surface area contributed by atoms with Crippen LogP contribution in [0.5, 0.6) is 0 Å². The van der Waals surface area contributed by atoms with Crippen LogP contribution < -0.4 is 0 Å². The summed E-state index contributed by atoms with van der Waals surface area (Å²) < 4.78 is 26.6. The van der Waals surface area contributed by atoms with Crippen LogP contribution >= 0.6 is 0 Å². The molecule has 0 atom stereocenters. The summed E-state index contributed by atoms with van der Waals surface area (Å²) >= 11 is -1.70. The van der Waals surface area contributed by atoms with Gasteiger partial charge in [0.15, 0.2) is 0 Å². The molecule has 40 valence electrons. The molecule has 0 aromatic heterocycles. The Labute approximate surface area is 59.5 Å². The van der Waals surface area contributed by atoms with Gasteiger partial charge < -0.3 is 0 Å². The Morgan fingerprint density at radius 3 is 1.67 bits per heavy atom. The molecule has 6 heteroatoms. The molecule has 0 fully saturated rings. The fourth-order valence-corrected chi connectivity index (χ4v) is 0. The molecule has 0 aromatic carbocycles. The van der Waals surface area contributed by atoms with Crippen LogP contribution in [0.1, 0.15) is 0 Å². The van der Waals surface area contributed by atoms with Crippen LogP contribution in [0.15, 0.2) is 0 Å². The van der Waals surface area contributed by atoms with Crippen molar-refractivity contribution in [3.05, 3.63) is 0 Å². The van der Waals surface area contributed by atoms with Crippen LogP contribution in [-0.2, 0) is 60.1 Å². The predicted molar refractivity (Wildman–Crippen MR) is 2.06 cm³/mol. The first-order valence-electron chi connectivity index (χ1n) is 0.621. The van der Waals surface area contributed by atoms with Crippen molar-refractivity contribution in [1.29, 1.82) is 0 Å². The van der Waals surface area contributed by atoms with Gasteiger partial charge >= 0.3 is 60.1 Å². The molecular formula is IrO3RuTa. The summed E-state index contributed by atoms with van der Waals surface area (Å²) in [6, 6.07) is 0. The third-order valence-corrected chi connectivity index (χ3v) is 1.28. The van der Waals surface area contributed by atoms with E-state index in [0.717, 1.165) is 18.9 Å². The van der Waals surface area contributed by atoms with Gasteiger partial charge in [0.25, 0.3) is 0 Å². The van der Waals surface area contributed by atoms with Crippen molar-refractivity contribution in [2.75, 3.05) is 0 Å². The average molecular weight is 522 g/mol. The van der Waals surface area contributed by atoms with E-state index in [-0.39, 0.29) is 0 Å². The Balaban J connectivity index is 0. The summed E-state index contributed by atoms with van der Waals surface area (Å²) in [5.74, 6) is 0. The van der Waals surface area contributed by atoms with Crippen molar-refractivity contribution in [3.63, 3.8) is 0 Å². The standard InChI is InChI=1S/Ir.3O.Ru.Ta. The monoisotopic (exact) mass is 524 g/mol. The minimum atomic E-state index is -1.56. The van der Waals surface area contributed by atoms with Crippen molar-refractivity contribution < 1.29 is 60.1 Å². The van der Waals surface area contributed by atoms with E-state index in [1.54, 1.807) is 0 Å². The molecule has 0 aliphatic rings. The number of rotatable bonds is 1. The Bertz CT molecular complexity index is 40.1. The quantitative estimate of drug-likeness (QED) is 0.443. The van der Waals surface area contributed by atoms with Crippen LogP contribution in [0.4, 0.5) is 0 Å². The Kier molecular flexibility index (Phi) is 28.0. The second-order valence-electron chi connectivity index (χ2n) is 0.129. The molecule has 0 aliphatic carbocycles. The maximum absolute atomic E-state index is 9.21. The normalized spacial score (nSPS) is 4.83. The number of hydrogen-bond donors (Lipinski definition) is 0. The Morgan fingerprint density at radius 1 is 1.50 bits per heavy atom. The van der Waals surface area contributed by atoms with Crippen LogP contribution in [-0.4, -0.2) is 0 Å². The molecule has 0 saturated carbocycles. The first-order valence-corrected chi connectivity index (χ1v) is 11.1. The molecule has 0 aromatic rings. The van der Waals surface area contributed by atoms with Crippen molar-refractivity contribution in [2.45, 2.75) is 0 Å². The molecule has 3 nitrogen and oxygen atoms in total. The van der Waals surface area contributed by atoms with Crippen molar-refractivity contribution >= 4 is 0 Å². The van der Waals surface area contributed by atoms with Crippen LogP contribution in [0, 0.1) is 0 Å². The second-order valence-corrected chi connectivity index (χ2v) is 6.25. The first kappa shape index (κ1) is 10.4. The fraction of sp³-hybridized carbons (Fsp3) is 0. The summed E-state index contributed by atoms with van der Waals surface area (Å²) in [5.41, 5.74) is 0. The van der Waals surface area contributed by atoms with Crippen molar-refractivity contribution in [1.82, 2.24) is 0 Å². The summed E-state index contributed by atoms with van der Waals surface area (Å²) in [6.07, 6.45) is 0. The molecule has 0 radical (unpaired) electrons. The van der Waals surface area contributed by atoms with E-state index < -0.39 is 30.9 Å². The van der Waals surface area contributed by atoms with Gasteiger partial charge in [-0.15, -0.1) is 0 Å². The Morgan fingerprint density at radius 2 is 1.67 bits per heavy atom. The summed E-state index contributed by atoms with van der Waals surface area (Å²) in [5, 5.41) is 0. The molecule has 0 amide bonds. The van der Waals surface area contributed by atoms with Gasteiger partial charge in [-0.1, -0.05) is 0 Å². The average Bonchev–Trinajstić information content (AvgIpc) is 1.72. The van der Waals surface area contributed by atoms with E-state index >= 15 is 0 Å². The third-order valence-electron chi connectivity index (χ3n) is 0.0264. The molecule has 0 bridgehead atoms. The van der Waals surface area contributed by atoms with E-state index in [9.17, 15) is 3.25 Å². The molecule has 0 aliphatic heterocycles. The van der Waals surface area contributed by atoms with Crippen LogP contribution in [0.2, 0.25) is 0 Å². The fourth-order valence-electron chi connectivity index (χ4n) is 0. The zero-order chi connectivity index (χ0) is 5.41. The number of hydrogen-bond acceptors (Lipinski definition) is 3. The topological polar surface area (TPSA) is 51.2 Å². The van der Waals surface area contributed by atoms with Crippen molar-refractivity contribution in [2.24, 2.45) is 0 Å². The second kappa shape index (κ2) is 16.1. The maximum atomic E-state index is 9.21. The first-order chi connectivity index (χ1) is 2.91. The SMILES string of the molecule is [O]=[Ir].[O]=[Ru][Ta]=[O]. The zero-order valence-electron chi connectivity index (χ0n) is 2.36. The molecule has 0 unspecified atom stereocenters. The van der Waals surface area contributed by atoms with Gasteiger partial charge in [0.1, 0.15) is 0 Å². The van der Waals surface area contributed by atoms with Crippen LogP contribution in [0.3, 0.4) is 0 Å².